The third-order valence-corrected chi connectivity index (χ3v) is 3.63. The SMILES string of the molecule is OCCCc1cc2c(Oc3ccccc3)c(Cl)ccc2[nH]1. The maximum absolute atomic E-state index is 8.94. The van der Waals surface area contributed by atoms with Crippen molar-refractivity contribution in [3.8, 4) is 11.5 Å². The van der Waals surface area contributed by atoms with E-state index in [0.29, 0.717) is 10.8 Å². The first-order valence-electron chi connectivity index (χ1n) is 6.92. The quantitative estimate of drug-likeness (QED) is 0.727. The first kappa shape index (κ1) is 14.0. The molecule has 3 aromatic rings. The van der Waals surface area contributed by atoms with Gasteiger partial charge in [0.05, 0.1) is 5.02 Å². The van der Waals surface area contributed by atoms with Crippen molar-refractivity contribution in [2.45, 2.75) is 12.8 Å². The molecule has 0 aliphatic carbocycles. The van der Waals surface area contributed by atoms with Crippen LogP contribution in [0.3, 0.4) is 0 Å². The molecule has 108 valence electrons. The number of aromatic nitrogens is 1. The van der Waals surface area contributed by atoms with Gasteiger partial charge in [-0.2, -0.15) is 0 Å². The first-order chi connectivity index (χ1) is 10.3. The fourth-order valence-electron chi connectivity index (χ4n) is 2.32. The molecule has 3 rings (SSSR count). The maximum atomic E-state index is 8.94. The van der Waals surface area contributed by atoms with Crippen LogP contribution in [0.2, 0.25) is 5.02 Å². The molecule has 0 saturated heterocycles. The highest BCUT2D eigenvalue weighted by molar-refractivity contribution is 6.33. The van der Waals surface area contributed by atoms with Crippen molar-refractivity contribution in [2.24, 2.45) is 0 Å². The van der Waals surface area contributed by atoms with E-state index in [1.807, 2.05) is 48.5 Å². The van der Waals surface area contributed by atoms with Gasteiger partial charge in [0.1, 0.15) is 5.75 Å². The molecule has 0 aliphatic heterocycles. The van der Waals surface area contributed by atoms with Gasteiger partial charge >= 0.3 is 0 Å². The molecule has 2 N–H and O–H groups in total. The highest BCUT2D eigenvalue weighted by Gasteiger charge is 2.11. The smallest absolute Gasteiger partial charge is 0.155 e. The van der Waals surface area contributed by atoms with Crippen molar-refractivity contribution >= 4 is 22.5 Å². The molecule has 21 heavy (non-hydrogen) atoms. The van der Waals surface area contributed by atoms with Crippen molar-refractivity contribution < 1.29 is 9.84 Å². The Kier molecular flexibility index (Phi) is 4.13. The second-order valence-electron chi connectivity index (χ2n) is 4.87. The first-order valence-corrected chi connectivity index (χ1v) is 7.29. The van der Waals surface area contributed by atoms with Gasteiger partial charge in [-0.15, -0.1) is 0 Å². The monoisotopic (exact) mass is 301 g/mol. The van der Waals surface area contributed by atoms with Crippen LogP contribution in [0.4, 0.5) is 0 Å². The number of hydrogen-bond donors (Lipinski definition) is 2. The van der Waals surface area contributed by atoms with Gasteiger partial charge in [-0.3, -0.25) is 0 Å². The van der Waals surface area contributed by atoms with Crippen LogP contribution in [0.5, 0.6) is 11.5 Å². The summed E-state index contributed by atoms with van der Waals surface area (Å²) in [6, 6.07) is 15.4. The van der Waals surface area contributed by atoms with Crippen molar-refractivity contribution in [3.05, 3.63) is 59.2 Å². The normalized spacial score (nSPS) is 11.0. The Morgan fingerprint density at radius 1 is 1.10 bits per heavy atom. The molecule has 2 aromatic carbocycles. The molecular weight excluding hydrogens is 286 g/mol. The zero-order valence-electron chi connectivity index (χ0n) is 11.5. The van der Waals surface area contributed by atoms with Gasteiger partial charge in [0.2, 0.25) is 0 Å². The largest absolute Gasteiger partial charge is 0.455 e. The van der Waals surface area contributed by atoms with E-state index in [0.717, 1.165) is 35.2 Å². The van der Waals surface area contributed by atoms with Gasteiger partial charge in [0, 0.05) is 23.2 Å². The highest BCUT2D eigenvalue weighted by Crippen LogP contribution is 2.37. The van der Waals surface area contributed by atoms with E-state index >= 15 is 0 Å². The lowest BCUT2D eigenvalue weighted by molar-refractivity contribution is 0.288. The number of hydrogen-bond acceptors (Lipinski definition) is 2. The van der Waals surface area contributed by atoms with Crippen LogP contribution >= 0.6 is 11.6 Å². The Morgan fingerprint density at radius 3 is 2.67 bits per heavy atom. The van der Waals surface area contributed by atoms with Crippen molar-refractivity contribution in [2.75, 3.05) is 6.61 Å². The Morgan fingerprint density at radius 2 is 1.90 bits per heavy atom. The van der Waals surface area contributed by atoms with Crippen molar-refractivity contribution in [3.63, 3.8) is 0 Å². The fourth-order valence-corrected chi connectivity index (χ4v) is 2.53. The zero-order valence-corrected chi connectivity index (χ0v) is 12.2. The topological polar surface area (TPSA) is 45.2 Å². The van der Waals surface area contributed by atoms with Gasteiger partial charge in [-0.1, -0.05) is 29.8 Å². The molecule has 0 amide bonds. The minimum atomic E-state index is 0.184. The van der Waals surface area contributed by atoms with Gasteiger partial charge in [0.25, 0.3) is 0 Å². The maximum Gasteiger partial charge on any atom is 0.155 e. The predicted molar refractivity (Wildman–Crippen MR) is 85.2 cm³/mol. The molecule has 4 heteroatoms. The minimum absolute atomic E-state index is 0.184. The molecule has 0 fully saturated rings. The second-order valence-corrected chi connectivity index (χ2v) is 5.28. The second kappa shape index (κ2) is 6.20. The summed E-state index contributed by atoms with van der Waals surface area (Å²) in [5.74, 6) is 1.41. The molecule has 0 bridgehead atoms. The Bertz CT molecular complexity index is 737. The van der Waals surface area contributed by atoms with Crippen LogP contribution < -0.4 is 4.74 Å². The number of para-hydroxylation sites is 1. The molecular formula is C17H16ClNO2. The highest BCUT2D eigenvalue weighted by atomic mass is 35.5. The van der Waals surface area contributed by atoms with Crippen LogP contribution in [-0.2, 0) is 6.42 Å². The molecule has 0 atom stereocenters. The summed E-state index contributed by atoms with van der Waals surface area (Å²) in [7, 11) is 0. The van der Waals surface area contributed by atoms with Gasteiger partial charge in [-0.05, 0) is 43.2 Å². The molecule has 0 unspecified atom stereocenters. The van der Waals surface area contributed by atoms with Gasteiger partial charge in [0.15, 0.2) is 5.75 Å². The number of H-pyrrole nitrogens is 1. The van der Waals surface area contributed by atoms with E-state index in [1.54, 1.807) is 0 Å². The number of aryl methyl sites for hydroxylation is 1. The average molecular weight is 302 g/mol. The van der Waals surface area contributed by atoms with Crippen LogP contribution in [-0.4, -0.2) is 16.7 Å². The summed E-state index contributed by atoms with van der Waals surface area (Å²) in [6.07, 6.45) is 1.53. The number of aliphatic hydroxyl groups excluding tert-OH is 1. The number of aromatic amines is 1. The lowest BCUT2D eigenvalue weighted by Gasteiger charge is -2.08. The number of nitrogens with one attached hydrogen (secondary N) is 1. The van der Waals surface area contributed by atoms with Crippen molar-refractivity contribution in [1.82, 2.24) is 4.98 Å². The third kappa shape index (κ3) is 3.04. The van der Waals surface area contributed by atoms with E-state index in [9.17, 15) is 0 Å². The van der Waals surface area contributed by atoms with E-state index in [4.69, 9.17) is 21.4 Å². The number of rotatable bonds is 5. The van der Waals surface area contributed by atoms with E-state index in [2.05, 4.69) is 4.98 Å². The molecule has 3 nitrogen and oxygen atoms in total. The summed E-state index contributed by atoms with van der Waals surface area (Å²) in [6.45, 7) is 0.184. The number of aliphatic hydroxyl groups is 1. The number of halogens is 1. The zero-order chi connectivity index (χ0) is 14.7. The molecule has 0 spiro atoms. The van der Waals surface area contributed by atoms with Crippen LogP contribution in [0.25, 0.3) is 10.9 Å². The number of benzene rings is 2. The van der Waals surface area contributed by atoms with E-state index < -0.39 is 0 Å². The van der Waals surface area contributed by atoms with Crippen LogP contribution in [0.1, 0.15) is 12.1 Å². The summed E-state index contributed by atoms with van der Waals surface area (Å²) < 4.78 is 5.94. The molecule has 1 heterocycles. The Hall–Kier alpha value is -1.97. The molecule has 0 saturated carbocycles. The number of fused-ring (bicyclic) bond motifs is 1. The fraction of sp³-hybridized carbons (Fsp3) is 0.176. The third-order valence-electron chi connectivity index (χ3n) is 3.33. The summed E-state index contributed by atoms with van der Waals surface area (Å²) in [5.41, 5.74) is 2.05. The molecule has 1 aromatic heterocycles. The summed E-state index contributed by atoms with van der Waals surface area (Å²) in [5, 5.41) is 10.5. The van der Waals surface area contributed by atoms with Gasteiger partial charge in [-0.25, -0.2) is 0 Å². The summed E-state index contributed by atoms with van der Waals surface area (Å²) in [4.78, 5) is 3.33. The predicted octanol–water partition coefficient (Wildman–Crippen LogP) is 4.54. The van der Waals surface area contributed by atoms with Crippen LogP contribution in [0.15, 0.2) is 48.5 Å². The lowest BCUT2D eigenvalue weighted by Crippen LogP contribution is -1.88. The van der Waals surface area contributed by atoms with Crippen molar-refractivity contribution in [1.29, 1.82) is 0 Å². The van der Waals surface area contributed by atoms with E-state index in [1.165, 1.54) is 0 Å². The standard InChI is InChI=1S/C17H16ClNO2/c18-15-8-9-16-14(11-12(19-16)5-4-10-20)17(15)21-13-6-2-1-3-7-13/h1-3,6-9,11,19-20H,4-5,10H2. The van der Waals surface area contributed by atoms with Crippen LogP contribution in [0, 0.1) is 0 Å². The minimum Gasteiger partial charge on any atom is -0.455 e. The Labute approximate surface area is 128 Å². The van der Waals surface area contributed by atoms with E-state index in [-0.39, 0.29) is 6.61 Å². The summed E-state index contributed by atoms with van der Waals surface area (Å²) >= 11 is 6.29. The van der Waals surface area contributed by atoms with Gasteiger partial charge < -0.3 is 14.8 Å². The average Bonchev–Trinajstić information content (AvgIpc) is 2.92. The Balaban J connectivity index is 1.99. The molecule has 0 aliphatic rings. The molecule has 0 radical (unpaired) electrons. The number of ether oxygens (including phenoxy) is 1. The lowest BCUT2D eigenvalue weighted by atomic mass is 10.2.